The Kier molecular flexibility index (Phi) is 3.78. The SMILES string of the molecule is CCCC1(c2ccc(C#N)cc2)OCCCO1. The highest BCUT2D eigenvalue weighted by Gasteiger charge is 2.35. The van der Waals surface area contributed by atoms with Crippen molar-refractivity contribution in [1.82, 2.24) is 0 Å². The molecule has 0 saturated carbocycles. The van der Waals surface area contributed by atoms with E-state index >= 15 is 0 Å². The van der Waals surface area contributed by atoms with Gasteiger partial charge in [0.2, 0.25) is 0 Å². The lowest BCUT2D eigenvalue weighted by molar-refractivity contribution is -0.280. The fourth-order valence-corrected chi connectivity index (χ4v) is 2.16. The molecule has 1 aromatic rings. The lowest BCUT2D eigenvalue weighted by Crippen LogP contribution is -2.37. The first-order valence-corrected chi connectivity index (χ1v) is 6.09. The summed E-state index contributed by atoms with van der Waals surface area (Å²) < 4.78 is 11.7. The first-order valence-electron chi connectivity index (χ1n) is 6.09. The van der Waals surface area contributed by atoms with Crippen LogP contribution >= 0.6 is 0 Å². The van der Waals surface area contributed by atoms with Gasteiger partial charge in [0.05, 0.1) is 24.8 Å². The Morgan fingerprint density at radius 3 is 2.41 bits per heavy atom. The maximum atomic E-state index is 8.79. The van der Waals surface area contributed by atoms with Crippen LogP contribution in [-0.2, 0) is 15.3 Å². The summed E-state index contributed by atoms with van der Waals surface area (Å²) in [6, 6.07) is 9.61. The molecule has 1 fully saturated rings. The van der Waals surface area contributed by atoms with Gasteiger partial charge in [-0.2, -0.15) is 5.26 Å². The minimum absolute atomic E-state index is 0.596. The molecule has 1 aliphatic rings. The van der Waals surface area contributed by atoms with Crippen molar-refractivity contribution in [2.75, 3.05) is 13.2 Å². The Morgan fingerprint density at radius 2 is 1.88 bits per heavy atom. The average Bonchev–Trinajstić information content (AvgIpc) is 2.40. The van der Waals surface area contributed by atoms with Gasteiger partial charge in [-0.15, -0.1) is 0 Å². The Hall–Kier alpha value is -1.37. The van der Waals surface area contributed by atoms with Crippen LogP contribution in [0.25, 0.3) is 0 Å². The van der Waals surface area contributed by atoms with Crippen molar-refractivity contribution in [3.63, 3.8) is 0 Å². The third-order valence-corrected chi connectivity index (χ3v) is 2.99. The van der Waals surface area contributed by atoms with Crippen molar-refractivity contribution in [2.45, 2.75) is 32.0 Å². The Morgan fingerprint density at radius 1 is 1.24 bits per heavy atom. The van der Waals surface area contributed by atoms with E-state index in [1.54, 1.807) is 0 Å². The van der Waals surface area contributed by atoms with Gasteiger partial charge in [0.15, 0.2) is 5.79 Å². The second-order valence-corrected chi connectivity index (χ2v) is 4.24. The van der Waals surface area contributed by atoms with E-state index < -0.39 is 5.79 Å². The molecule has 0 unspecified atom stereocenters. The summed E-state index contributed by atoms with van der Waals surface area (Å²) in [7, 11) is 0. The molecule has 0 amide bonds. The van der Waals surface area contributed by atoms with E-state index in [4.69, 9.17) is 14.7 Å². The van der Waals surface area contributed by atoms with Crippen molar-refractivity contribution in [1.29, 1.82) is 5.26 Å². The zero-order chi connectivity index (χ0) is 12.1. The van der Waals surface area contributed by atoms with Crippen molar-refractivity contribution >= 4 is 0 Å². The molecule has 1 aliphatic heterocycles. The fraction of sp³-hybridized carbons (Fsp3) is 0.500. The summed E-state index contributed by atoms with van der Waals surface area (Å²) in [6.45, 7) is 3.59. The lowest BCUT2D eigenvalue weighted by Gasteiger charge is -2.37. The molecule has 3 heteroatoms. The van der Waals surface area contributed by atoms with E-state index in [1.165, 1.54) is 0 Å². The summed E-state index contributed by atoms with van der Waals surface area (Å²) in [5, 5.41) is 8.79. The first kappa shape index (κ1) is 12.1. The maximum Gasteiger partial charge on any atom is 0.194 e. The molecule has 0 radical (unpaired) electrons. The molecule has 0 bridgehead atoms. The topological polar surface area (TPSA) is 42.2 Å². The lowest BCUT2D eigenvalue weighted by atomic mass is 9.98. The van der Waals surface area contributed by atoms with Crippen molar-refractivity contribution in [3.8, 4) is 6.07 Å². The van der Waals surface area contributed by atoms with Crippen molar-refractivity contribution < 1.29 is 9.47 Å². The van der Waals surface area contributed by atoms with Crippen molar-refractivity contribution in [3.05, 3.63) is 35.4 Å². The normalized spacial score (nSPS) is 18.6. The minimum atomic E-state index is -0.596. The number of rotatable bonds is 3. The molecule has 0 spiro atoms. The summed E-state index contributed by atoms with van der Waals surface area (Å²) in [4.78, 5) is 0. The zero-order valence-corrected chi connectivity index (χ0v) is 10.1. The van der Waals surface area contributed by atoms with E-state index in [0.29, 0.717) is 5.56 Å². The predicted molar refractivity (Wildman–Crippen MR) is 64.3 cm³/mol. The molecule has 3 nitrogen and oxygen atoms in total. The van der Waals surface area contributed by atoms with Gasteiger partial charge in [0.25, 0.3) is 0 Å². The van der Waals surface area contributed by atoms with E-state index in [2.05, 4.69) is 13.0 Å². The van der Waals surface area contributed by atoms with Gasteiger partial charge in [-0.1, -0.05) is 25.5 Å². The summed E-state index contributed by atoms with van der Waals surface area (Å²) in [5.74, 6) is -0.596. The van der Waals surface area contributed by atoms with Crippen LogP contribution in [0.2, 0.25) is 0 Å². The second kappa shape index (κ2) is 5.31. The molecule has 90 valence electrons. The second-order valence-electron chi connectivity index (χ2n) is 4.24. The number of benzene rings is 1. The smallest absolute Gasteiger partial charge is 0.194 e. The van der Waals surface area contributed by atoms with E-state index in [-0.39, 0.29) is 0 Å². The number of nitriles is 1. The highest BCUT2D eigenvalue weighted by atomic mass is 16.7. The van der Waals surface area contributed by atoms with Gasteiger partial charge < -0.3 is 9.47 Å². The summed E-state index contributed by atoms with van der Waals surface area (Å²) >= 11 is 0. The Balaban J connectivity index is 2.28. The standard InChI is InChI=1S/C14H17NO2/c1-2-8-14(16-9-3-10-17-14)13-6-4-12(11-15)5-7-13/h4-7H,2-3,8-10H2,1H3. The molecule has 2 rings (SSSR count). The third kappa shape index (κ3) is 2.49. The van der Waals surface area contributed by atoms with Crippen molar-refractivity contribution in [2.24, 2.45) is 0 Å². The van der Waals surface area contributed by atoms with E-state index in [0.717, 1.165) is 38.0 Å². The largest absolute Gasteiger partial charge is 0.346 e. The van der Waals surface area contributed by atoms with Crippen LogP contribution in [0.1, 0.15) is 37.3 Å². The summed E-state index contributed by atoms with van der Waals surface area (Å²) in [6.07, 6.45) is 2.79. The van der Waals surface area contributed by atoms with Gasteiger partial charge in [-0.05, 0) is 18.6 Å². The van der Waals surface area contributed by atoms with E-state index in [9.17, 15) is 0 Å². The van der Waals surface area contributed by atoms with Crippen LogP contribution < -0.4 is 0 Å². The van der Waals surface area contributed by atoms with Gasteiger partial charge in [-0.3, -0.25) is 0 Å². The molecule has 1 heterocycles. The fourth-order valence-electron chi connectivity index (χ4n) is 2.16. The highest BCUT2D eigenvalue weighted by molar-refractivity contribution is 5.33. The molecule has 1 saturated heterocycles. The molecule has 1 aromatic carbocycles. The van der Waals surface area contributed by atoms with Crippen LogP contribution in [0.15, 0.2) is 24.3 Å². The minimum Gasteiger partial charge on any atom is -0.346 e. The summed E-state index contributed by atoms with van der Waals surface area (Å²) in [5.41, 5.74) is 1.68. The number of ether oxygens (including phenoxy) is 2. The highest BCUT2D eigenvalue weighted by Crippen LogP contribution is 2.35. The molecular formula is C14H17NO2. The quantitative estimate of drug-likeness (QED) is 0.803. The average molecular weight is 231 g/mol. The van der Waals surface area contributed by atoms with E-state index in [1.807, 2.05) is 24.3 Å². The number of hydrogen-bond acceptors (Lipinski definition) is 3. The molecule has 0 aromatic heterocycles. The van der Waals surface area contributed by atoms with Crippen LogP contribution in [-0.4, -0.2) is 13.2 Å². The van der Waals surface area contributed by atoms with Crippen LogP contribution in [0.3, 0.4) is 0 Å². The zero-order valence-electron chi connectivity index (χ0n) is 10.1. The maximum absolute atomic E-state index is 8.79. The van der Waals surface area contributed by atoms with Crippen LogP contribution in [0.4, 0.5) is 0 Å². The number of nitrogens with zero attached hydrogens (tertiary/aromatic N) is 1. The Bertz CT molecular complexity index is 394. The van der Waals surface area contributed by atoms with Gasteiger partial charge in [0.1, 0.15) is 0 Å². The Labute approximate surface area is 102 Å². The molecule has 0 N–H and O–H groups in total. The van der Waals surface area contributed by atoms with Crippen LogP contribution in [0.5, 0.6) is 0 Å². The van der Waals surface area contributed by atoms with Gasteiger partial charge in [-0.25, -0.2) is 0 Å². The molecule has 17 heavy (non-hydrogen) atoms. The predicted octanol–water partition coefficient (Wildman–Crippen LogP) is 2.95. The molecular weight excluding hydrogens is 214 g/mol. The van der Waals surface area contributed by atoms with Gasteiger partial charge >= 0.3 is 0 Å². The van der Waals surface area contributed by atoms with Gasteiger partial charge in [0, 0.05) is 12.0 Å². The van der Waals surface area contributed by atoms with Crippen LogP contribution in [0, 0.1) is 11.3 Å². The monoisotopic (exact) mass is 231 g/mol. The number of hydrogen-bond donors (Lipinski definition) is 0. The molecule has 0 aliphatic carbocycles. The first-order chi connectivity index (χ1) is 8.30. The molecule has 0 atom stereocenters. The third-order valence-electron chi connectivity index (χ3n) is 2.99.